The molecule has 0 saturated carbocycles. The Morgan fingerprint density at radius 2 is 1.97 bits per heavy atom. The minimum absolute atomic E-state index is 0.353. The van der Waals surface area contributed by atoms with Crippen molar-refractivity contribution in [1.29, 1.82) is 5.26 Å². The third-order valence-corrected chi connectivity index (χ3v) is 6.57. The van der Waals surface area contributed by atoms with Crippen LogP contribution in [0.15, 0.2) is 42.9 Å². The minimum atomic E-state index is 0.353. The van der Waals surface area contributed by atoms with Gasteiger partial charge >= 0.3 is 0 Å². The van der Waals surface area contributed by atoms with E-state index >= 15 is 0 Å². The Morgan fingerprint density at radius 1 is 1.09 bits per heavy atom. The quantitative estimate of drug-likeness (QED) is 0.622. The van der Waals surface area contributed by atoms with Crippen molar-refractivity contribution in [3.63, 3.8) is 0 Å². The Bertz CT molecular complexity index is 1130. The van der Waals surface area contributed by atoms with E-state index in [0.717, 1.165) is 73.8 Å². The van der Waals surface area contributed by atoms with Gasteiger partial charge in [-0.05, 0) is 36.6 Å². The van der Waals surface area contributed by atoms with Gasteiger partial charge in [0.15, 0.2) is 0 Å². The second kappa shape index (κ2) is 9.69. The summed E-state index contributed by atoms with van der Waals surface area (Å²) in [5, 5.41) is 17.6. The Hall–Kier alpha value is -3.28. The molecule has 0 unspecified atom stereocenters. The van der Waals surface area contributed by atoms with Crippen LogP contribution in [0.1, 0.15) is 24.6 Å². The number of hydrogen-bond donors (Lipinski definition) is 2. The normalized spacial score (nSPS) is 21.2. The van der Waals surface area contributed by atoms with Crippen LogP contribution in [0.3, 0.4) is 0 Å². The van der Waals surface area contributed by atoms with Crippen LogP contribution in [-0.4, -0.2) is 60.3 Å². The maximum atomic E-state index is 9.46. The van der Waals surface area contributed by atoms with Crippen LogP contribution in [0.2, 0.25) is 0 Å². The van der Waals surface area contributed by atoms with Gasteiger partial charge in [0.1, 0.15) is 11.9 Å². The van der Waals surface area contributed by atoms with Crippen LogP contribution in [0.25, 0.3) is 10.9 Å². The number of nitriles is 1. The van der Waals surface area contributed by atoms with Crippen molar-refractivity contribution in [3.8, 4) is 6.07 Å². The zero-order valence-electron chi connectivity index (χ0n) is 19.0. The van der Waals surface area contributed by atoms with Gasteiger partial charge in [-0.2, -0.15) is 5.26 Å². The third kappa shape index (κ3) is 4.75. The van der Waals surface area contributed by atoms with Crippen molar-refractivity contribution >= 4 is 22.4 Å². The van der Waals surface area contributed by atoms with Crippen LogP contribution in [-0.2, 0) is 6.54 Å². The number of aromatic nitrogens is 3. The molecule has 8 nitrogen and oxygen atoms in total. The predicted molar refractivity (Wildman–Crippen MR) is 130 cm³/mol. The Balaban J connectivity index is 1.26. The van der Waals surface area contributed by atoms with Gasteiger partial charge in [-0.25, -0.2) is 4.98 Å². The Kier molecular flexibility index (Phi) is 6.33. The van der Waals surface area contributed by atoms with Gasteiger partial charge in [-0.15, -0.1) is 0 Å². The second-order valence-corrected chi connectivity index (χ2v) is 9.07. The molecule has 0 amide bonds. The van der Waals surface area contributed by atoms with Crippen LogP contribution in [0.4, 0.5) is 11.5 Å². The first-order valence-electron chi connectivity index (χ1n) is 11.7. The van der Waals surface area contributed by atoms with E-state index in [1.54, 1.807) is 6.20 Å². The standard InChI is InChI=1S/C25H30N8/c1-18-11-20(29-13-21-14-31-24(15-30-21)32-9-7-27-8-10-32)17-33(16-18)23-5-4-19(12-26)25-22(23)3-2-6-28-25/h2-6,14-15,18,20,27,29H,7-11,13,16-17H2,1H3/t18-,20+/m0/s1. The van der Waals surface area contributed by atoms with E-state index < -0.39 is 0 Å². The van der Waals surface area contributed by atoms with Crippen LogP contribution >= 0.6 is 0 Å². The van der Waals surface area contributed by atoms with Crippen LogP contribution in [0, 0.1) is 17.2 Å². The molecule has 33 heavy (non-hydrogen) atoms. The van der Waals surface area contributed by atoms with Gasteiger partial charge < -0.3 is 20.4 Å². The van der Waals surface area contributed by atoms with E-state index in [1.807, 2.05) is 24.5 Å². The number of rotatable bonds is 5. The summed E-state index contributed by atoms with van der Waals surface area (Å²) in [6.07, 6.45) is 6.67. The van der Waals surface area contributed by atoms with Gasteiger partial charge in [0.2, 0.25) is 0 Å². The molecule has 8 heteroatoms. The first kappa shape index (κ1) is 21.6. The topological polar surface area (TPSA) is 93.0 Å². The van der Waals surface area contributed by atoms with Crippen LogP contribution < -0.4 is 20.4 Å². The monoisotopic (exact) mass is 442 g/mol. The number of anilines is 2. The molecule has 2 aliphatic heterocycles. The average molecular weight is 443 g/mol. The lowest BCUT2D eigenvalue weighted by Crippen LogP contribution is -2.48. The summed E-state index contributed by atoms with van der Waals surface area (Å²) in [7, 11) is 0. The van der Waals surface area contributed by atoms with Crippen molar-refractivity contribution in [2.75, 3.05) is 49.1 Å². The van der Waals surface area contributed by atoms with Gasteiger partial charge in [0.05, 0.1) is 29.2 Å². The molecule has 5 rings (SSSR count). The van der Waals surface area contributed by atoms with Gasteiger partial charge in [-0.1, -0.05) is 6.92 Å². The summed E-state index contributed by atoms with van der Waals surface area (Å²) in [6, 6.07) is 10.6. The fraction of sp³-hybridized carbons (Fsp3) is 0.440. The first-order valence-corrected chi connectivity index (χ1v) is 11.7. The smallest absolute Gasteiger partial charge is 0.147 e. The maximum Gasteiger partial charge on any atom is 0.147 e. The molecule has 2 saturated heterocycles. The van der Waals surface area contributed by atoms with Crippen molar-refractivity contribution in [1.82, 2.24) is 25.6 Å². The molecule has 2 atom stereocenters. The molecular weight excluding hydrogens is 412 g/mol. The van der Waals surface area contributed by atoms with E-state index in [0.29, 0.717) is 24.1 Å². The molecule has 3 aromatic rings. The van der Waals surface area contributed by atoms with Crippen molar-refractivity contribution in [3.05, 3.63) is 54.1 Å². The molecule has 170 valence electrons. The highest BCUT2D eigenvalue weighted by atomic mass is 15.2. The summed E-state index contributed by atoms with van der Waals surface area (Å²) in [4.78, 5) is 18.5. The number of nitrogens with zero attached hydrogens (tertiary/aromatic N) is 6. The summed E-state index contributed by atoms with van der Waals surface area (Å²) in [6.45, 7) is 8.84. The molecular formula is C25H30N8. The predicted octanol–water partition coefficient (Wildman–Crippen LogP) is 2.31. The SMILES string of the molecule is C[C@H]1C[C@@H](NCc2cnc(N3CCNCC3)cn2)CN(c2ccc(C#N)c3ncccc23)C1. The summed E-state index contributed by atoms with van der Waals surface area (Å²) in [5.41, 5.74) is 3.51. The van der Waals surface area contributed by atoms with E-state index in [2.05, 4.69) is 60.5 Å². The first-order chi connectivity index (χ1) is 16.2. The summed E-state index contributed by atoms with van der Waals surface area (Å²) >= 11 is 0. The highest BCUT2D eigenvalue weighted by molar-refractivity contribution is 5.95. The van der Waals surface area contributed by atoms with Crippen LogP contribution in [0.5, 0.6) is 0 Å². The molecule has 2 aliphatic rings. The van der Waals surface area contributed by atoms with Gasteiger partial charge in [0.25, 0.3) is 0 Å². The molecule has 0 radical (unpaired) electrons. The molecule has 1 aromatic carbocycles. The third-order valence-electron chi connectivity index (χ3n) is 6.57. The number of hydrogen-bond acceptors (Lipinski definition) is 8. The summed E-state index contributed by atoms with van der Waals surface area (Å²) < 4.78 is 0. The molecule has 0 aliphatic carbocycles. The largest absolute Gasteiger partial charge is 0.369 e. The highest BCUT2D eigenvalue weighted by Crippen LogP contribution is 2.31. The van der Waals surface area contributed by atoms with Crippen molar-refractivity contribution in [2.24, 2.45) is 5.92 Å². The lowest BCUT2D eigenvalue weighted by Gasteiger charge is -2.39. The molecule has 2 N–H and O–H groups in total. The molecule has 2 aromatic heterocycles. The number of piperidine rings is 1. The van der Waals surface area contributed by atoms with Gasteiger partial charge in [-0.3, -0.25) is 9.97 Å². The van der Waals surface area contributed by atoms with Gasteiger partial charge in [0, 0.05) is 69.1 Å². The molecule has 0 spiro atoms. The Morgan fingerprint density at radius 3 is 2.76 bits per heavy atom. The number of nitrogens with one attached hydrogen (secondary N) is 2. The summed E-state index contributed by atoms with van der Waals surface area (Å²) in [5.74, 6) is 1.51. The second-order valence-electron chi connectivity index (χ2n) is 9.07. The highest BCUT2D eigenvalue weighted by Gasteiger charge is 2.26. The minimum Gasteiger partial charge on any atom is -0.369 e. The zero-order valence-corrected chi connectivity index (χ0v) is 19.0. The number of piperazine rings is 1. The lowest BCUT2D eigenvalue weighted by molar-refractivity contribution is 0.349. The average Bonchev–Trinajstić information content (AvgIpc) is 2.87. The van der Waals surface area contributed by atoms with E-state index in [-0.39, 0.29) is 0 Å². The molecule has 0 bridgehead atoms. The van der Waals surface area contributed by atoms with Crippen molar-refractivity contribution in [2.45, 2.75) is 25.9 Å². The van der Waals surface area contributed by atoms with E-state index in [1.165, 1.54) is 0 Å². The molecule has 2 fully saturated rings. The maximum absolute atomic E-state index is 9.46. The Labute approximate surface area is 194 Å². The number of benzene rings is 1. The number of fused-ring (bicyclic) bond motifs is 1. The fourth-order valence-electron chi connectivity index (χ4n) is 4.97. The van der Waals surface area contributed by atoms with E-state index in [9.17, 15) is 5.26 Å². The number of pyridine rings is 1. The zero-order chi connectivity index (χ0) is 22.6. The molecule has 4 heterocycles. The lowest BCUT2D eigenvalue weighted by atomic mass is 9.94. The van der Waals surface area contributed by atoms with Crippen molar-refractivity contribution < 1.29 is 0 Å². The van der Waals surface area contributed by atoms with E-state index in [4.69, 9.17) is 0 Å². The fourth-order valence-corrected chi connectivity index (χ4v) is 4.97.